The summed E-state index contributed by atoms with van der Waals surface area (Å²) in [4.78, 5) is 18.6. The molecule has 1 heterocycles. The molecule has 0 unspecified atom stereocenters. The van der Waals surface area contributed by atoms with Gasteiger partial charge < -0.3 is 5.11 Å². The Labute approximate surface area is 120 Å². The van der Waals surface area contributed by atoms with Crippen LogP contribution in [0.3, 0.4) is 0 Å². The van der Waals surface area contributed by atoms with Gasteiger partial charge in [-0.1, -0.05) is 0 Å². The van der Waals surface area contributed by atoms with Crippen LogP contribution in [-0.4, -0.2) is 35.7 Å². The van der Waals surface area contributed by atoms with Crippen LogP contribution in [0.2, 0.25) is 0 Å². The van der Waals surface area contributed by atoms with Crippen LogP contribution >= 0.6 is 0 Å². The molecule has 21 heavy (non-hydrogen) atoms. The lowest BCUT2D eigenvalue weighted by Gasteiger charge is -2.09. The van der Waals surface area contributed by atoms with Gasteiger partial charge in [-0.15, -0.1) is 0 Å². The molecule has 0 aliphatic rings. The first-order chi connectivity index (χ1) is 9.70. The zero-order valence-electron chi connectivity index (χ0n) is 11.2. The number of carboxylic acid groups (broad SMARTS) is 1. The lowest BCUT2D eigenvalue weighted by Crippen LogP contribution is -2.10. The average molecular weight is 310 g/mol. The molecule has 0 spiro atoms. The molecule has 8 heteroatoms. The fourth-order valence-corrected chi connectivity index (χ4v) is 2.30. The number of sulfone groups is 1. The van der Waals surface area contributed by atoms with Crippen molar-refractivity contribution in [1.82, 2.24) is 9.97 Å². The van der Waals surface area contributed by atoms with Crippen molar-refractivity contribution in [2.45, 2.75) is 12.1 Å². The van der Waals surface area contributed by atoms with Crippen molar-refractivity contribution in [2.24, 2.45) is 0 Å². The molecule has 0 radical (unpaired) electrons. The number of rotatable bonds is 3. The van der Waals surface area contributed by atoms with E-state index in [1.807, 2.05) is 0 Å². The van der Waals surface area contributed by atoms with E-state index < -0.39 is 26.8 Å². The van der Waals surface area contributed by atoms with Crippen LogP contribution in [0.25, 0.3) is 11.3 Å². The van der Waals surface area contributed by atoms with Crippen molar-refractivity contribution in [3.05, 3.63) is 41.3 Å². The van der Waals surface area contributed by atoms with Crippen LogP contribution in [0.4, 0.5) is 4.39 Å². The first kappa shape index (κ1) is 15.0. The zero-order chi connectivity index (χ0) is 15.8. The van der Waals surface area contributed by atoms with Gasteiger partial charge in [-0.3, -0.25) is 0 Å². The monoisotopic (exact) mass is 310 g/mol. The molecule has 0 saturated heterocycles. The molecule has 0 fully saturated rings. The van der Waals surface area contributed by atoms with Gasteiger partial charge in [0.05, 0.1) is 5.69 Å². The fourth-order valence-electron chi connectivity index (χ4n) is 1.80. The van der Waals surface area contributed by atoms with Gasteiger partial charge in [0, 0.05) is 18.0 Å². The summed E-state index contributed by atoms with van der Waals surface area (Å²) in [5.74, 6) is -1.78. The smallest absolute Gasteiger partial charge is 0.339 e. The number of aromatic carboxylic acids is 1. The number of aryl methyl sites for hydroxylation is 1. The zero-order valence-corrected chi connectivity index (χ0v) is 12.0. The number of carbonyl (C=O) groups is 1. The molecular weight excluding hydrogens is 299 g/mol. The minimum atomic E-state index is -3.69. The Kier molecular flexibility index (Phi) is 3.73. The maximum Gasteiger partial charge on any atom is 0.339 e. The van der Waals surface area contributed by atoms with Crippen molar-refractivity contribution in [3.63, 3.8) is 0 Å². The molecule has 2 aromatic rings. The van der Waals surface area contributed by atoms with Crippen molar-refractivity contribution in [1.29, 1.82) is 0 Å². The van der Waals surface area contributed by atoms with Crippen molar-refractivity contribution in [2.75, 3.05) is 6.26 Å². The molecule has 0 amide bonds. The highest BCUT2D eigenvalue weighted by atomic mass is 32.2. The number of halogens is 1. The molecular formula is C13H11FN2O4S. The molecule has 0 saturated carbocycles. The quantitative estimate of drug-likeness (QED) is 0.866. The number of aromatic nitrogens is 2. The van der Waals surface area contributed by atoms with E-state index in [1.165, 1.54) is 12.1 Å². The summed E-state index contributed by atoms with van der Waals surface area (Å²) in [6, 6.07) is 3.71. The first-order valence-electron chi connectivity index (χ1n) is 5.77. The molecule has 110 valence electrons. The number of benzene rings is 1. The molecule has 0 atom stereocenters. The molecule has 0 aliphatic heterocycles. The molecule has 0 bridgehead atoms. The largest absolute Gasteiger partial charge is 0.478 e. The van der Waals surface area contributed by atoms with E-state index in [-0.39, 0.29) is 11.3 Å². The van der Waals surface area contributed by atoms with Gasteiger partial charge in [0.15, 0.2) is 0 Å². The second-order valence-corrected chi connectivity index (χ2v) is 6.36. The first-order valence-corrected chi connectivity index (χ1v) is 7.66. The molecule has 1 aromatic carbocycles. The molecule has 2 rings (SSSR count). The van der Waals surface area contributed by atoms with Crippen LogP contribution in [0, 0.1) is 12.7 Å². The number of nitrogens with zero attached hydrogens (tertiary/aromatic N) is 2. The van der Waals surface area contributed by atoms with Gasteiger partial charge in [0.2, 0.25) is 15.0 Å². The Morgan fingerprint density at radius 3 is 2.52 bits per heavy atom. The van der Waals surface area contributed by atoms with Crippen molar-refractivity contribution in [3.8, 4) is 11.3 Å². The highest BCUT2D eigenvalue weighted by Gasteiger charge is 2.20. The fraction of sp³-hybridized carbons (Fsp3) is 0.154. The van der Waals surface area contributed by atoms with E-state index >= 15 is 0 Å². The molecule has 0 aliphatic carbocycles. The predicted octanol–water partition coefficient (Wildman–Crippen LogP) is 1.69. The number of carboxylic acids is 1. The summed E-state index contributed by atoms with van der Waals surface area (Å²) in [7, 11) is -3.69. The third-order valence-corrected chi connectivity index (χ3v) is 3.63. The Morgan fingerprint density at radius 2 is 2.00 bits per heavy atom. The summed E-state index contributed by atoms with van der Waals surface area (Å²) in [6.07, 6.45) is 1.86. The van der Waals surface area contributed by atoms with Crippen LogP contribution < -0.4 is 0 Å². The van der Waals surface area contributed by atoms with Gasteiger partial charge in [0.25, 0.3) is 0 Å². The maximum absolute atomic E-state index is 13.1. The standard InChI is InChI=1S/C13H11FN2O4S/c1-7-5-8(14)3-4-9(7)11-10(12(17)18)6-15-13(16-11)21(2,19)20/h3-6H,1-2H3,(H,17,18). The van der Waals surface area contributed by atoms with Gasteiger partial charge in [-0.05, 0) is 30.7 Å². The maximum atomic E-state index is 13.1. The summed E-state index contributed by atoms with van der Waals surface area (Å²) >= 11 is 0. The van der Waals surface area contributed by atoms with Crippen LogP contribution in [0.15, 0.2) is 29.6 Å². The summed E-state index contributed by atoms with van der Waals surface area (Å²) in [6.45, 7) is 1.58. The van der Waals surface area contributed by atoms with E-state index in [0.717, 1.165) is 18.5 Å². The normalized spacial score (nSPS) is 11.4. The van der Waals surface area contributed by atoms with Crippen molar-refractivity contribution < 1.29 is 22.7 Å². The van der Waals surface area contributed by atoms with Crippen LogP contribution in [0.5, 0.6) is 0 Å². The summed E-state index contributed by atoms with van der Waals surface area (Å²) in [5.41, 5.74) is 0.462. The predicted molar refractivity (Wildman–Crippen MR) is 72.2 cm³/mol. The van der Waals surface area contributed by atoms with E-state index in [0.29, 0.717) is 11.1 Å². The van der Waals surface area contributed by atoms with Gasteiger partial charge in [0.1, 0.15) is 11.4 Å². The second kappa shape index (κ2) is 5.21. The highest BCUT2D eigenvalue weighted by Crippen LogP contribution is 2.26. The SMILES string of the molecule is Cc1cc(F)ccc1-c1nc(S(C)(=O)=O)ncc1C(=O)O. The van der Waals surface area contributed by atoms with Gasteiger partial charge >= 0.3 is 5.97 Å². The molecule has 1 N–H and O–H groups in total. The lowest BCUT2D eigenvalue weighted by atomic mass is 10.0. The van der Waals surface area contributed by atoms with Gasteiger partial charge in [-0.25, -0.2) is 27.6 Å². The van der Waals surface area contributed by atoms with Gasteiger partial charge in [-0.2, -0.15) is 0 Å². The highest BCUT2D eigenvalue weighted by molar-refractivity contribution is 7.90. The molecule has 1 aromatic heterocycles. The molecule has 6 nitrogen and oxygen atoms in total. The topological polar surface area (TPSA) is 97.2 Å². The minimum absolute atomic E-state index is 0.0598. The van der Waals surface area contributed by atoms with E-state index in [2.05, 4.69) is 9.97 Å². The number of hydrogen-bond acceptors (Lipinski definition) is 5. The third kappa shape index (κ3) is 3.05. The number of hydrogen-bond donors (Lipinski definition) is 1. The summed E-state index contributed by atoms with van der Waals surface area (Å²) < 4.78 is 36.2. The Bertz CT molecular complexity index is 834. The Morgan fingerprint density at radius 1 is 1.33 bits per heavy atom. The Balaban J connectivity index is 2.78. The third-order valence-electron chi connectivity index (χ3n) is 2.77. The van der Waals surface area contributed by atoms with Crippen LogP contribution in [-0.2, 0) is 9.84 Å². The lowest BCUT2D eigenvalue weighted by molar-refractivity contribution is 0.0696. The van der Waals surface area contributed by atoms with Crippen LogP contribution in [0.1, 0.15) is 15.9 Å². The minimum Gasteiger partial charge on any atom is -0.478 e. The summed E-state index contributed by atoms with van der Waals surface area (Å²) in [5, 5.41) is 8.68. The van der Waals surface area contributed by atoms with E-state index in [1.54, 1.807) is 6.92 Å². The average Bonchev–Trinajstić information content (AvgIpc) is 2.37. The Hall–Kier alpha value is -2.35. The van der Waals surface area contributed by atoms with E-state index in [9.17, 15) is 17.6 Å². The second-order valence-electron chi connectivity index (χ2n) is 4.45. The van der Waals surface area contributed by atoms with Crippen molar-refractivity contribution >= 4 is 15.8 Å². The van der Waals surface area contributed by atoms with E-state index in [4.69, 9.17) is 5.11 Å².